The largest absolute Gasteiger partial charge is 0.481 e. The van der Waals surface area contributed by atoms with Crippen LogP contribution >= 0.6 is 27.5 Å². The zero-order chi connectivity index (χ0) is 15.4. The quantitative estimate of drug-likeness (QED) is 0.848. The van der Waals surface area contributed by atoms with Crippen LogP contribution in [0, 0.1) is 5.82 Å². The molecule has 0 aromatic heterocycles. The number of nitrogens with one attached hydrogen (secondary N) is 1. The molecule has 0 aliphatic rings. The predicted molar refractivity (Wildman–Crippen MR) is 84.3 cm³/mol. The number of hydrogen-bond donors (Lipinski definition) is 1. The first-order valence-electron chi connectivity index (χ1n) is 6.14. The van der Waals surface area contributed by atoms with E-state index in [2.05, 4.69) is 21.2 Å². The van der Waals surface area contributed by atoms with E-state index in [1.54, 1.807) is 37.3 Å². The van der Waals surface area contributed by atoms with Gasteiger partial charge >= 0.3 is 0 Å². The van der Waals surface area contributed by atoms with E-state index in [4.69, 9.17) is 16.3 Å². The molecule has 0 radical (unpaired) electrons. The normalized spacial score (nSPS) is 11.8. The van der Waals surface area contributed by atoms with Crippen molar-refractivity contribution >= 4 is 39.1 Å². The summed E-state index contributed by atoms with van der Waals surface area (Å²) in [5.41, 5.74) is 0.102. The van der Waals surface area contributed by atoms with E-state index in [0.717, 1.165) is 0 Å². The lowest BCUT2D eigenvalue weighted by Crippen LogP contribution is -2.30. The number of halogens is 3. The van der Waals surface area contributed by atoms with Gasteiger partial charge in [0, 0.05) is 9.50 Å². The predicted octanol–water partition coefficient (Wildman–Crippen LogP) is 4.65. The number of carbonyl (C=O) groups is 1. The fourth-order valence-corrected chi connectivity index (χ4v) is 2.14. The Kier molecular flexibility index (Phi) is 5.20. The molecule has 0 bridgehead atoms. The second kappa shape index (κ2) is 6.91. The molecule has 0 saturated heterocycles. The van der Waals surface area contributed by atoms with Crippen LogP contribution in [0.5, 0.6) is 5.75 Å². The molecule has 0 aliphatic heterocycles. The molecule has 2 aromatic carbocycles. The first-order chi connectivity index (χ1) is 9.95. The summed E-state index contributed by atoms with van der Waals surface area (Å²) >= 11 is 8.99. The van der Waals surface area contributed by atoms with Gasteiger partial charge in [0.05, 0.1) is 5.69 Å². The molecule has 1 amide bonds. The fraction of sp³-hybridized carbons (Fsp3) is 0.133. The first-order valence-corrected chi connectivity index (χ1v) is 7.31. The lowest BCUT2D eigenvalue weighted by atomic mass is 10.3. The Morgan fingerprint density at radius 2 is 2.10 bits per heavy atom. The Hall–Kier alpha value is -1.59. The maximum atomic E-state index is 13.7. The number of hydrogen-bond acceptors (Lipinski definition) is 2. The molecular weight excluding hydrogens is 361 g/mol. The Balaban J connectivity index is 2.02. The van der Waals surface area contributed by atoms with E-state index in [1.165, 1.54) is 12.1 Å². The lowest BCUT2D eigenvalue weighted by molar-refractivity contribution is -0.122. The SMILES string of the molecule is C[C@H](Oc1cccc(Cl)c1)C(=O)Nc1ccc(Br)cc1F. The van der Waals surface area contributed by atoms with E-state index < -0.39 is 17.8 Å². The monoisotopic (exact) mass is 371 g/mol. The van der Waals surface area contributed by atoms with E-state index in [1.807, 2.05) is 0 Å². The second-order valence-corrected chi connectivity index (χ2v) is 5.68. The van der Waals surface area contributed by atoms with E-state index in [-0.39, 0.29) is 5.69 Å². The van der Waals surface area contributed by atoms with E-state index >= 15 is 0 Å². The number of ether oxygens (including phenoxy) is 1. The highest BCUT2D eigenvalue weighted by Gasteiger charge is 2.16. The Morgan fingerprint density at radius 3 is 2.76 bits per heavy atom. The third kappa shape index (κ3) is 4.44. The minimum atomic E-state index is -0.786. The number of anilines is 1. The number of benzene rings is 2. The van der Waals surface area contributed by atoms with Crippen molar-refractivity contribution in [1.29, 1.82) is 0 Å². The molecule has 0 fully saturated rings. The molecule has 3 nitrogen and oxygen atoms in total. The molecule has 110 valence electrons. The Morgan fingerprint density at radius 1 is 1.33 bits per heavy atom. The molecule has 21 heavy (non-hydrogen) atoms. The van der Waals surface area contributed by atoms with Gasteiger partial charge in [-0.3, -0.25) is 4.79 Å². The third-order valence-corrected chi connectivity index (χ3v) is 3.40. The fourth-order valence-electron chi connectivity index (χ4n) is 1.62. The van der Waals surface area contributed by atoms with Gasteiger partial charge in [0.25, 0.3) is 5.91 Å². The zero-order valence-electron chi connectivity index (χ0n) is 11.1. The lowest BCUT2D eigenvalue weighted by Gasteiger charge is -2.15. The molecule has 2 aromatic rings. The highest BCUT2D eigenvalue weighted by molar-refractivity contribution is 9.10. The first kappa shape index (κ1) is 15.8. The van der Waals surface area contributed by atoms with Crippen molar-refractivity contribution in [3.63, 3.8) is 0 Å². The van der Waals surface area contributed by atoms with Gasteiger partial charge in [0.15, 0.2) is 6.10 Å². The van der Waals surface area contributed by atoms with E-state index in [0.29, 0.717) is 15.2 Å². The summed E-state index contributed by atoms with van der Waals surface area (Å²) in [6, 6.07) is 11.1. The highest BCUT2D eigenvalue weighted by Crippen LogP contribution is 2.21. The van der Waals surface area contributed by atoms with Crippen molar-refractivity contribution in [1.82, 2.24) is 0 Å². The van der Waals surface area contributed by atoms with Crippen LogP contribution in [0.3, 0.4) is 0 Å². The number of amides is 1. The molecule has 1 atom stereocenters. The summed E-state index contributed by atoms with van der Waals surface area (Å²) in [5.74, 6) is -0.495. The van der Waals surface area contributed by atoms with Gasteiger partial charge in [-0.15, -0.1) is 0 Å². The van der Waals surface area contributed by atoms with Crippen molar-refractivity contribution < 1.29 is 13.9 Å². The third-order valence-electron chi connectivity index (χ3n) is 2.67. The van der Waals surface area contributed by atoms with Crippen LogP contribution in [0.4, 0.5) is 10.1 Å². The number of carbonyl (C=O) groups excluding carboxylic acids is 1. The maximum Gasteiger partial charge on any atom is 0.265 e. The van der Waals surface area contributed by atoms with Crippen molar-refractivity contribution in [3.05, 3.63) is 57.8 Å². The van der Waals surface area contributed by atoms with Crippen LogP contribution in [0.1, 0.15) is 6.92 Å². The molecule has 0 heterocycles. The second-order valence-electron chi connectivity index (χ2n) is 4.33. The average molecular weight is 373 g/mol. The summed E-state index contributed by atoms with van der Waals surface area (Å²) in [5, 5.41) is 2.99. The van der Waals surface area contributed by atoms with Gasteiger partial charge < -0.3 is 10.1 Å². The minimum Gasteiger partial charge on any atom is -0.481 e. The van der Waals surface area contributed by atoms with Gasteiger partial charge in [-0.2, -0.15) is 0 Å². The minimum absolute atomic E-state index is 0.102. The van der Waals surface area contributed by atoms with E-state index in [9.17, 15) is 9.18 Å². The number of rotatable bonds is 4. The van der Waals surface area contributed by atoms with Crippen molar-refractivity contribution in [2.75, 3.05) is 5.32 Å². The van der Waals surface area contributed by atoms with Crippen LogP contribution in [-0.2, 0) is 4.79 Å². The zero-order valence-corrected chi connectivity index (χ0v) is 13.4. The van der Waals surface area contributed by atoms with Crippen molar-refractivity contribution in [3.8, 4) is 5.75 Å². The summed E-state index contributed by atoms with van der Waals surface area (Å²) < 4.78 is 19.7. The topological polar surface area (TPSA) is 38.3 Å². The van der Waals surface area contributed by atoms with Crippen LogP contribution in [0.25, 0.3) is 0 Å². The van der Waals surface area contributed by atoms with Crippen molar-refractivity contribution in [2.24, 2.45) is 0 Å². The van der Waals surface area contributed by atoms with Crippen molar-refractivity contribution in [2.45, 2.75) is 13.0 Å². The molecule has 1 N–H and O–H groups in total. The van der Waals surface area contributed by atoms with Gasteiger partial charge in [0.1, 0.15) is 11.6 Å². The van der Waals surface area contributed by atoms with Gasteiger partial charge in [0.2, 0.25) is 0 Å². The summed E-state index contributed by atoms with van der Waals surface area (Å²) in [7, 11) is 0. The molecule has 2 rings (SSSR count). The van der Waals surface area contributed by atoms with Gasteiger partial charge in [-0.1, -0.05) is 33.6 Å². The summed E-state index contributed by atoms with van der Waals surface area (Å²) in [4.78, 5) is 12.0. The highest BCUT2D eigenvalue weighted by atomic mass is 79.9. The van der Waals surface area contributed by atoms with Crippen LogP contribution in [0.15, 0.2) is 46.9 Å². The smallest absolute Gasteiger partial charge is 0.265 e. The molecule has 0 unspecified atom stereocenters. The molecule has 0 saturated carbocycles. The average Bonchev–Trinajstić information content (AvgIpc) is 2.41. The molecule has 0 spiro atoms. The summed E-state index contributed by atoms with van der Waals surface area (Å²) in [6.45, 7) is 1.58. The molecular formula is C15H12BrClFNO2. The van der Waals surface area contributed by atoms with Crippen LogP contribution < -0.4 is 10.1 Å². The molecule has 6 heteroatoms. The molecule has 0 aliphatic carbocycles. The Bertz CT molecular complexity index is 666. The standard InChI is InChI=1S/C15H12BrClFNO2/c1-9(21-12-4-2-3-11(17)8-12)15(20)19-14-6-5-10(16)7-13(14)18/h2-9H,1H3,(H,19,20)/t9-/m0/s1. The van der Waals surface area contributed by atoms with Gasteiger partial charge in [-0.25, -0.2) is 4.39 Å². The van der Waals surface area contributed by atoms with Crippen LogP contribution in [-0.4, -0.2) is 12.0 Å². The maximum absolute atomic E-state index is 13.7. The van der Waals surface area contributed by atoms with Crippen LogP contribution in [0.2, 0.25) is 5.02 Å². The Labute approximate surface area is 135 Å². The summed E-state index contributed by atoms with van der Waals surface area (Å²) in [6.07, 6.45) is -0.786. The van der Waals surface area contributed by atoms with Gasteiger partial charge in [-0.05, 0) is 43.3 Å².